The molecule has 0 bridgehead atoms. The molecule has 2 aromatic heterocycles. The number of hydrogen-bond acceptors (Lipinski definition) is 4. The lowest BCUT2D eigenvalue weighted by Crippen LogP contribution is -2.08. The molecule has 6 heteroatoms. The Morgan fingerprint density at radius 2 is 1.78 bits per heavy atom. The zero-order chi connectivity index (χ0) is 15.5. The van der Waals surface area contributed by atoms with Gasteiger partial charge in [0.25, 0.3) is 0 Å². The summed E-state index contributed by atoms with van der Waals surface area (Å²) in [5.41, 5.74) is 2.01. The molecule has 23 heavy (non-hydrogen) atoms. The van der Waals surface area contributed by atoms with Crippen molar-refractivity contribution in [3.05, 3.63) is 47.9 Å². The molecule has 6 nitrogen and oxygen atoms in total. The Labute approximate surface area is 135 Å². The molecule has 0 N–H and O–H groups in total. The molecule has 1 aliphatic rings. The molecule has 3 aromatic rings. The van der Waals surface area contributed by atoms with Crippen LogP contribution in [0.3, 0.4) is 0 Å². The lowest BCUT2D eigenvalue weighted by molar-refractivity contribution is 0.518. The van der Waals surface area contributed by atoms with Crippen LogP contribution in [0.5, 0.6) is 0 Å². The van der Waals surface area contributed by atoms with Gasteiger partial charge in [-0.15, -0.1) is 15.3 Å². The van der Waals surface area contributed by atoms with E-state index in [2.05, 4.69) is 37.2 Å². The second-order valence-electron chi connectivity index (χ2n) is 6.04. The van der Waals surface area contributed by atoms with Crippen molar-refractivity contribution in [2.45, 2.75) is 45.2 Å². The zero-order valence-electron chi connectivity index (χ0n) is 13.1. The second kappa shape index (κ2) is 6.32. The molecule has 1 aromatic carbocycles. The van der Waals surface area contributed by atoms with Crippen molar-refractivity contribution >= 4 is 0 Å². The molecule has 3 heterocycles. The van der Waals surface area contributed by atoms with Crippen molar-refractivity contribution in [1.82, 2.24) is 29.8 Å². The largest absolute Gasteiger partial charge is 0.310 e. The van der Waals surface area contributed by atoms with Crippen LogP contribution in [0, 0.1) is 0 Å². The molecule has 0 spiro atoms. The Balaban J connectivity index is 1.59. The summed E-state index contributed by atoms with van der Waals surface area (Å²) in [4.78, 5) is 0. The van der Waals surface area contributed by atoms with Gasteiger partial charge < -0.3 is 4.57 Å². The summed E-state index contributed by atoms with van der Waals surface area (Å²) >= 11 is 0. The minimum atomic E-state index is 0.717. The van der Waals surface area contributed by atoms with E-state index in [1.54, 1.807) is 0 Å². The highest BCUT2D eigenvalue weighted by Crippen LogP contribution is 2.20. The second-order valence-corrected chi connectivity index (χ2v) is 6.04. The van der Waals surface area contributed by atoms with Gasteiger partial charge in [-0.3, -0.25) is 0 Å². The summed E-state index contributed by atoms with van der Waals surface area (Å²) < 4.78 is 4.07. The molecule has 0 atom stereocenters. The molecule has 0 amide bonds. The maximum atomic E-state index is 4.37. The summed E-state index contributed by atoms with van der Waals surface area (Å²) in [6, 6.07) is 10.3. The predicted octanol–water partition coefficient (Wildman–Crippen LogP) is 2.70. The summed E-state index contributed by atoms with van der Waals surface area (Å²) in [5, 5.41) is 17.3. The van der Waals surface area contributed by atoms with Crippen molar-refractivity contribution in [3.8, 4) is 11.5 Å². The van der Waals surface area contributed by atoms with Crippen LogP contribution in [-0.4, -0.2) is 29.8 Å². The summed E-state index contributed by atoms with van der Waals surface area (Å²) in [5.74, 6) is 1.93. The first-order valence-electron chi connectivity index (χ1n) is 8.27. The molecule has 4 rings (SSSR count). The van der Waals surface area contributed by atoms with Crippen molar-refractivity contribution in [3.63, 3.8) is 0 Å². The van der Waals surface area contributed by atoms with Gasteiger partial charge in [0, 0.05) is 13.0 Å². The molecule has 0 fully saturated rings. The molecule has 0 saturated heterocycles. The summed E-state index contributed by atoms with van der Waals surface area (Å²) in [6.07, 6.45) is 7.90. The first-order chi connectivity index (χ1) is 11.4. The van der Waals surface area contributed by atoms with Gasteiger partial charge in [-0.1, -0.05) is 48.4 Å². The van der Waals surface area contributed by atoms with Gasteiger partial charge in [-0.05, 0) is 18.4 Å². The van der Waals surface area contributed by atoms with Crippen molar-refractivity contribution in [2.24, 2.45) is 0 Å². The van der Waals surface area contributed by atoms with Crippen LogP contribution in [0.1, 0.15) is 37.1 Å². The van der Waals surface area contributed by atoms with Gasteiger partial charge >= 0.3 is 0 Å². The summed E-state index contributed by atoms with van der Waals surface area (Å²) in [7, 11) is 0. The van der Waals surface area contributed by atoms with Gasteiger partial charge in [0.2, 0.25) is 0 Å². The Morgan fingerprint density at radius 1 is 0.913 bits per heavy atom. The lowest BCUT2D eigenvalue weighted by atomic mass is 10.1. The number of nitrogens with zero attached hydrogens (tertiary/aromatic N) is 6. The van der Waals surface area contributed by atoms with Gasteiger partial charge in [0.1, 0.15) is 5.82 Å². The SMILES string of the molecule is c1ccc(Cn2cc(-c3nnc4n3CCCCCC4)nn2)cc1. The van der Waals surface area contributed by atoms with Crippen LogP contribution in [0.4, 0.5) is 0 Å². The van der Waals surface area contributed by atoms with E-state index in [1.165, 1.54) is 31.2 Å². The van der Waals surface area contributed by atoms with E-state index < -0.39 is 0 Å². The Kier molecular flexibility index (Phi) is 3.88. The maximum absolute atomic E-state index is 4.37. The first-order valence-corrected chi connectivity index (χ1v) is 8.27. The number of fused-ring (bicyclic) bond motifs is 1. The molecular formula is C17H20N6. The van der Waals surface area contributed by atoms with Crippen LogP contribution in [-0.2, 0) is 19.5 Å². The third-order valence-electron chi connectivity index (χ3n) is 4.31. The number of hydrogen-bond donors (Lipinski definition) is 0. The first kappa shape index (κ1) is 14.1. The zero-order valence-corrected chi connectivity index (χ0v) is 13.1. The molecule has 118 valence electrons. The van der Waals surface area contributed by atoms with E-state index in [1.807, 2.05) is 29.1 Å². The molecule has 0 radical (unpaired) electrons. The van der Waals surface area contributed by atoms with E-state index >= 15 is 0 Å². The van der Waals surface area contributed by atoms with E-state index in [0.717, 1.165) is 36.9 Å². The topological polar surface area (TPSA) is 61.4 Å². The Bertz CT molecular complexity index is 773. The number of aromatic nitrogens is 6. The van der Waals surface area contributed by atoms with Gasteiger partial charge in [0.15, 0.2) is 11.5 Å². The maximum Gasteiger partial charge on any atom is 0.186 e. The number of benzene rings is 1. The van der Waals surface area contributed by atoms with Gasteiger partial charge in [-0.25, -0.2) is 4.68 Å². The van der Waals surface area contributed by atoms with Crippen molar-refractivity contribution < 1.29 is 0 Å². The fraction of sp³-hybridized carbons (Fsp3) is 0.412. The van der Waals surface area contributed by atoms with Crippen LogP contribution in [0.25, 0.3) is 11.5 Å². The van der Waals surface area contributed by atoms with E-state index in [9.17, 15) is 0 Å². The van der Waals surface area contributed by atoms with Crippen LogP contribution < -0.4 is 0 Å². The fourth-order valence-electron chi connectivity index (χ4n) is 3.10. The highest BCUT2D eigenvalue weighted by molar-refractivity contribution is 5.47. The Hall–Kier alpha value is -2.50. The van der Waals surface area contributed by atoms with Crippen LogP contribution in [0.15, 0.2) is 36.5 Å². The predicted molar refractivity (Wildman–Crippen MR) is 86.8 cm³/mol. The normalized spacial score (nSPS) is 15.0. The summed E-state index contributed by atoms with van der Waals surface area (Å²) in [6.45, 7) is 1.69. The van der Waals surface area contributed by atoms with E-state index in [0.29, 0.717) is 0 Å². The number of rotatable bonds is 3. The molecule has 0 unspecified atom stereocenters. The Morgan fingerprint density at radius 3 is 2.70 bits per heavy atom. The number of aryl methyl sites for hydroxylation is 1. The minimum Gasteiger partial charge on any atom is -0.310 e. The molecular weight excluding hydrogens is 288 g/mol. The average Bonchev–Trinajstić information content (AvgIpc) is 3.15. The minimum absolute atomic E-state index is 0.717. The quantitative estimate of drug-likeness (QED) is 0.746. The van der Waals surface area contributed by atoms with Crippen LogP contribution >= 0.6 is 0 Å². The highest BCUT2D eigenvalue weighted by Gasteiger charge is 2.17. The lowest BCUT2D eigenvalue weighted by Gasteiger charge is -2.12. The molecule has 0 aliphatic carbocycles. The van der Waals surface area contributed by atoms with Crippen LogP contribution in [0.2, 0.25) is 0 Å². The highest BCUT2D eigenvalue weighted by atomic mass is 15.4. The van der Waals surface area contributed by atoms with E-state index in [-0.39, 0.29) is 0 Å². The van der Waals surface area contributed by atoms with Crippen molar-refractivity contribution in [2.75, 3.05) is 0 Å². The average molecular weight is 308 g/mol. The van der Waals surface area contributed by atoms with E-state index in [4.69, 9.17) is 0 Å². The standard InChI is InChI=1S/C17H20N6/c1-2-7-11-23-16(10-6-1)19-20-17(23)15-13-22(21-18-15)12-14-8-4-3-5-9-14/h3-5,8-9,13H,1-2,6-7,10-12H2. The third kappa shape index (κ3) is 3.02. The molecule has 1 aliphatic heterocycles. The third-order valence-corrected chi connectivity index (χ3v) is 4.31. The van der Waals surface area contributed by atoms with Gasteiger partial charge in [-0.2, -0.15) is 0 Å². The smallest absolute Gasteiger partial charge is 0.186 e. The van der Waals surface area contributed by atoms with Gasteiger partial charge in [0.05, 0.1) is 12.7 Å². The fourth-order valence-corrected chi connectivity index (χ4v) is 3.10. The van der Waals surface area contributed by atoms with Crippen molar-refractivity contribution in [1.29, 1.82) is 0 Å². The monoisotopic (exact) mass is 308 g/mol. The molecule has 0 saturated carbocycles.